The predicted molar refractivity (Wildman–Crippen MR) is 90.5 cm³/mol. The van der Waals surface area contributed by atoms with Crippen LogP contribution in [-0.4, -0.2) is 40.2 Å². The summed E-state index contributed by atoms with van der Waals surface area (Å²) in [5, 5.41) is 28.2. The van der Waals surface area contributed by atoms with Crippen LogP contribution in [0.2, 0.25) is 0 Å². The van der Waals surface area contributed by atoms with Gasteiger partial charge >= 0.3 is 5.97 Å². The van der Waals surface area contributed by atoms with E-state index in [1.165, 1.54) is 0 Å². The number of halogens is 3. The third-order valence-corrected chi connectivity index (χ3v) is 4.13. The number of rotatable bonds is 6. The Morgan fingerprint density at radius 2 is 1.91 bits per heavy atom. The van der Waals surface area contributed by atoms with Crippen molar-refractivity contribution in [3.8, 4) is 0 Å². The van der Waals surface area contributed by atoms with Crippen LogP contribution < -0.4 is 0 Å². The lowest BCUT2D eigenvalue weighted by Crippen LogP contribution is -2.16. The minimum atomic E-state index is -1.51. The van der Waals surface area contributed by atoms with E-state index in [0.29, 0.717) is 6.07 Å². The van der Waals surface area contributed by atoms with E-state index in [9.17, 15) is 23.8 Å². The van der Waals surface area contributed by atoms with Crippen molar-refractivity contribution >= 4 is 40.5 Å². The van der Waals surface area contributed by atoms with Gasteiger partial charge in [0.15, 0.2) is 0 Å². The number of carbonyl (C=O) groups is 1. The van der Waals surface area contributed by atoms with E-state index in [4.69, 9.17) is 5.11 Å². The molecule has 126 valence electrons. The molecule has 1 aromatic carbocycles. The van der Waals surface area contributed by atoms with Gasteiger partial charge in [0.05, 0.1) is 11.6 Å². The summed E-state index contributed by atoms with van der Waals surface area (Å²) in [5.74, 6) is -4.46. The molecule has 0 amide bonds. The van der Waals surface area contributed by atoms with Crippen LogP contribution in [0.1, 0.15) is 19.4 Å². The van der Waals surface area contributed by atoms with Crippen LogP contribution in [0.25, 0.3) is 5.76 Å². The Morgan fingerprint density at radius 1 is 1.30 bits per heavy atom. The monoisotopic (exact) mass is 439 g/mol. The first kappa shape index (κ1) is 19.5. The van der Waals surface area contributed by atoms with Crippen molar-refractivity contribution in [2.24, 2.45) is 10.9 Å². The lowest BCUT2D eigenvalue weighted by atomic mass is 10.1. The van der Waals surface area contributed by atoms with Crippen LogP contribution in [-0.2, 0) is 4.79 Å². The number of aliphatic imine (C=N–C) groups is 1. The lowest BCUT2D eigenvalue weighted by molar-refractivity contribution is -0.132. The summed E-state index contributed by atoms with van der Waals surface area (Å²) >= 11 is 1.60. The molecule has 1 rings (SSSR count). The highest BCUT2D eigenvalue weighted by Crippen LogP contribution is 2.24. The van der Waals surface area contributed by atoms with Crippen LogP contribution in [0.15, 0.2) is 22.7 Å². The molecule has 0 bridgehead atoms. The summed E-state index contributed by atoms with van der Waals surface area (Å²) in [4.78, 5) is 15.2. The molecule has 3 N–H and O–H groups in total. The number of aliphatic hydroxyl groups excluding tert-OH is 2. The normalized spacial score (nSPS) is 15.4. The highest BCUT2D eigenvalue weighted by atomic mass is 127. The maximum Gasteiger partial charge on any atom is 0.341 e. The molecule has 0 aliphatic rings. The van der Waals surface area contributed by atoms with Crippen LogP contribution in [0.4, 0.5) is 8.78 Å². The largest absolute Gasteiger partial charge is 0.506 e. The van der Waals surface area contributed by atoms with Crippen molar-refractivity contribution in [2.45, 2.75) is 19.9 Å². The highest BCUT2D eigenvalue weighted by Gasteiger charge is 2.19. The van der Waals surface area contributed by atoms with Gasteiger partial charge in [-0.05, 0) is 35.6 Å². The second-order valence-electron chi connectivity index (χ2n) is 4.99. The molecule has 1 aromatic rings. The minimum absolute atomic E-state index is 0.0366. The molecule has 0 aliphatic carbocycles. The standard InChI is InChI=1S/C15H16F2INO4/c1-7(6-20)8(2)19-5-10(15(22)23)14(21)9-3-13(18)12(17)4-11(9)16/h3-5,7-8,20-21H,6H2,1-2H3,(H,22,23). The SMILES string of the molecule is CC(CO)C(C)N=CC(C(=O)O)=C(O)c1cc(I)c(F)cc1F. The van der Waals surface area contributed by atoms with E-state index >= 15 is 0 Å². The molecule has 0 saturated heterocycles. The third-order valence-electron chi connectivity index (χ3n) is 3.30. The predicted octanol–water partition coefficient (Wildman–Crippen LogP) is 3.01. The molecule has 2 atom stereocenters. The van der Waals surface area contributed by atoms with Gasteiger partial charge < -0.3 is 15.3 Å². The van der Waals surface area contributed by atoms with Gasteiger partial charge in [0.2, 0.25) is 0 Å². The van der Waals surface area contributed by atoms with Crippen molar-refractivity contribution < 1.29 is 28.9 Å². The molecule has 0 heterocycles. The van der Waals surface area contributed by atoms with Crippen molar-refractivity contribution in [2.75, 3.05) is 6.61 Å². The van der Waals surface area contributed by atoms with Gasteiger partial charge in [-0.2, -0.15) is 0 Å². The Kier molecular flexibility index (Phi) is 7.07. The summed E-state index contributed by atoms with van der Waals surface area (Å²) in [6.07, 6.45) is 0.907. The number of aliphatic carboxylic acids is 1. The first-order chi connectivity index (χ1) is 10.7. The fourth-order valence-electron chi connectivity index (χ4n) is 1.56. The zero-order valence-electron chi connectivity index (χ0n) is 12.4. The second-order valence-corrected chi connectivity index (χ2v) is 6.15. The number of carboxylic acid groups (broad SMARTS) is 1. The summed E-state index contributed by atoms with van der Waals surface area (Å²) in [5.41, 5.74) is -1.05. The smallest absolute Gasteiger partial charge is 0.341 e. The van der Waals surface area contributed by atoms with E-state index < -0.39 is 40.5 Å². The maximum atomic E-state index is 13.8. The Hall–Kier alpha value is -1.55. The van der Waals surface area contributed by atoms with Gasteiger partial charge in [-0.3, -0.25) is 4.99 Å². The number of carboxylic acids is 1. The Morgan fingerprint density at radius 3 is 2.43 bits per heavy atom. The summed E-state index contributed by atoms with van der Waals surface area (Å²) in [7, 11) is 0. The molecule has 8 heteroatoms. The average molecular weight is 439 g/mol. The number of aliphatic hydroxyl groups is 2. The third kappa shape index (κ3) is 4.96. The fraction of sp³-hybridized carbons (Fsp3) is 0.333. The molecule has 0 fully saturated rings. The van der Waals surface area contributed by atoms with Gasteiger partial charge in [-0.15, -0.1) is 0 Å². The van der Waals surface area contributed by atoms with Crippen molar-refractivity contribution in [3.63, 3.8) is 0 Å². The topological polar surface area (TPSA) is 90.1 Å². The fourth-order valence-corrected chi connectivity index (χ4v) is 2.03. The molecule has 0 spiro atoms. The van der Waals surface area contributed by atoms with Crippen molar-refractivity contribution in [3.05, 3.63) is 38.5 Å². The first-order valence-electron chi connectivity index (χ1n) is 6.64. The van der Waals surface area contributed by atoms with E-state index in [2.05, 4.69) is 4.99 Å². The average Bonchev–Trinajstić information content (AvgIpc) is 2.49. The molecular weight excluding hydrogens is 423 g/mol. The second kappa shape index (κ2) is 8.34. The molecule has 2 unspecified atom stereocenters. The number of hydrogen-bond acceptors (Lipinski definition) is 4. The zero-order chi connectivity index (χ0) is 17.7. The molecule has 5 nitrogen and oxygen atoms in total. The van der Waals surface area contributed by atoms with Crippen molar-refractivity contribution in [1.29, 1.82) is 0 Å². The van der Waals surface area contributed by atoms with Gasteiger partial charge in [0.25, 0.3) is 0 Å². The Labute approximate surface area is 145 Å². The number of hydrogen-bond donors (Lipinski definition) is 3. The van der Waals surface area contributed by atoms with Gasteiger partial charge in [-0.25, -0.2) is 13.6 Å². The molecule has 0 saturated carbocycles. The molecule has 0 radical (unpaired) electrons. The van der Waals surface area contributed by atoms with Gasteiger partial charge in [-0.1, -0.05) is 6.92 Å². The van der Waals surface area contributed by atoms with E-state index in [0.717, 1.165) is 12.3 Å². The molecule has 23 heavy (non-hydrogen) atoms. The highest BCUT2D eigenvalue weighted by molar-refractivity contribution is 14.1. The molecular formula is C15H16F2INO4. The van der Waals surface area contributed by atoms with Gasteiger partial charge in [0.1, 0.15) is 23.0 Å². The van der Waals surface area contributed by atoms with Crippen LogP contribution in [0, 0.1) is 21.1 Å². The summed E-state index contributed by atoms with van der Waals surface area (Å²) < 4.78 is 27.1. The quantitative estimate of drug-likeness (QED) is 0.209. The van der Waals surface area contributed by atoms with E-state index in [1.807, 2.05) is 0 Å². The van der Waals surface area contributed by atoms with Crippen LogP contribution >= 0.6 is 22.6 Å². The molecule has 0 aliphatic heterocycles. The zero-order valence-corrected chi connectivity index (χ0v) is 14.6. The van der Waals surface area contributed by atoms with E-state index in [1.54, 1.807) is 36.4 Å². The van der Waals surface area contributed by atoms with Crippen molar-refractivity contribution in [1.82, 2.24) is 0 Å². The van der Waals surface area contributed by atoms with Crippen LogP contribution in [0.5, 0.6) is 0 Å². The Balaban J connectivity index is 3.32. The van der Waals surface area contributed by atoms with Crippen LogP contribution in [0.3, 0.4) is 0 Å². The van der Waals surface area contributed by atoms with Gasteiger partial charge in [0, 0.05) is 28.4 Å². The van der Waals surface area contributed by atoms with E-state index in [-0.39, 0.29) is 16.1 Å². The lowest BCUT2D eigenvalue weighted by Gasteiger charge is -2.12. The first-order valence-corrected chi connectivity index (χ1v) is 7.72. The number of benzene rings is 1. The number of nitrogens with zero attached hydrogens (tertiary/aromatic N) is 1. The molecule has 0 aromatic heterocycles. The Bertz CT molecular complexity index is 661. The summed E-state index contributed by atoms with van der Waals surface area (Å²) in [6, 6.07) is 1.18. The minimum Gasteiger partial charge on any atom is -0.506 e. The maximum absolute atomic E-state index is 13.8. The summed E-state index contributed by atoms with van der Waals surface area (Å²) in [6.45, 7) is 3.24.